The number of rotatable bonds is 6. The van der Waals surface area contributed by atoms with Crippen LogP contribution in [0.1, 0.15) is 17.5 Å². The van der Waals surface area contributed by atoms with Gasteiger partial charge in [0.05, 0.1) is 17.0 Å². The molecule has 0 spiro atoms. The number of alkyl halides is 3. The molecule has 0 unspecified atom stereocenters. The molecule has 8 heteroatoms. The molecule has 0 atom stereocenters. The standard InChI is InChI=1S/C19H15ClF3NO2S/c20-15-3-2-12(8-14(15)19(21,22)23)17-9-13-7-11(1-4-16(13)27-17)10-24-6-5-18(25)26/h1-4,7-9,24H,5-6,10H2,(H,25,26). The first-order chi connectivity index (χ1) is 12.7. The Hall–Kier alpha value is -2.09. The van der Waals surface area contributed by atoms with Gasteiger partial charge in [-0.05, 0) is 46.8 Å². The van der Waals surface area contributed by atoms with Gasteiger partial charge in [-0.1, -0.05) is 23.7 Å². The van der Waals surface area contributed by atoms with Crippen LogP contribution in [0.5, 0.6) is 0 Å². The maximum absolute atomic E-state index is 13.1. The molecule has 0 amide bonds. The van der Waals surface area contributed by atoms with Gasteiger partial charge in [0.2, 0.25) is 0 Å². The van der Waals surface area contributed by atoms with Crippen LogP contribution in [0.2, 0.25) is 5.02 Å². The normalized spacial score (nSPS) is 11.9. The summed E-state index contributed by atoms with van der Waals surface area (Å²) in [5.74, 6) is -0.860. The van der Waals surface area contributed by atoms with E-state index in [9.17, 15) is 18.0 Å². The summed E-state index contributed by atoms with van der Waals surface area (Å²) in [5.41, 5.74) is 0.598. The summed E-state index contributed by atoms with van der Waals surface area (Å²) in [4.78, 5) is 11.2. The molecule has 0 aliphatic rings. The van der Waals surface area contributed by atoms with Gasteiger partial charge in [0, 0.05) is 22.7 Å². The van der Waals surface area contributed by atoms with Gasteiger partial charge in [-0.15, -0.1) is 11.3 Å². The number of benzene rings is 2. The van der Waals surface area contributed by atoms with Gasteiger partial charge in [-0.3, -0.25) is 4.79 Å². The van der Waals surface area contributed by atoms with Crippen molar-refractivity contribution in [1.29, 1.82) is 0 Å². The van der Waals surface area contributed by atoms with Crippen LogP contribution in [-0.2, 0) is 17.5 Å². The SMILES string of the molecule is O=C(O)CCNCc1ccc2sc(-c3ccc(Cl)c(C(F)(F)F)c3)cc2c1. The van der Waals surface area contributed by atoms with E-state index in [1.165, 1.54) is 17.4 Å². The van der Waals surface area contributed by atoms with Gasteiger partial charge < -0.3 is 10.4 Å². The van der Waals surface area contributed by atoms with E-state index in [2.05, 4.69) is 5.32 Å². The van der Waals surface area contributed by atoms with Crippen LogP contribution in [0.25, 0.3) is 20.5 Å². The predicted octanol–water partition coefficient (Wildman–Crippen LogP) is 5.80. The highest BCUT2D eigenvalue weighted by Crippen LogP contribution is 2.40. The summed E-state index contributed by atoms with van der Waals surface area (Å²) < 4.78 is 40.2. The Morgan fingerprint density at radius 1 is 1.15 bits per heavy atom. The van der Waals surface area contributed by atoms with Crippen molar-refractivity contribution in [2.24, 2.45) is 0 Å². The maximum atomic E-state index is 13.1. The van der Waals surface area contributed by atoms with Crippen LogP contribution >= 0.6 is 22.9 Å². The minimum atomic E-state index is -4.50. The summed E-state index contributed by atoms with van der Waals surface area (Å²) in [6.45, 7) is 0.890. The Labute approximate surface area is 162 Å². The zero-order chi connectivity index (χ0) is 19.6. The Balaban J connectivity index is 1.84. The van der Waals surface area contributed by atoms with Crippen molar-refractivity contribution in [2.45, 2.75) is 19.1 Å². The minimum Gasteiger partial charge on any atom is -0.481 e. The average Bonchev–Trinajstić information content (AvgIpc) is 3.01. The fourth-order valence-corrected chi connectivity index (χ4v) is 3.93. The number of hydrogen-bond acceptors (Lipinski definition) is 3. The first-order valence-corrected chi connectivity index (χ1v) is 9.25. The van der Waals surface area contributed by atoms with Gasteiger partial charge in [-0.2, -0.15) is 13.2 Å². The van der Waals surface area contributed by atoms with Crippen LogP contribution in [0.3, 0.4) is 0 Å². The molecule has 0 aliphatic carbocycles. The van der Waals surface area contributed by atoms with Crippen molar-refractivity contribution in [3.05, 3.63) is 58.6 Å². The molecule has 0 aliphatic heterocycles. The zero-order valence-corrected chi connectivity index (χ0v) is 15.5. The van der Waals surface area contributed by atoms with Crippen molar-refractivity contribution in [1.82, 2.24) is 5.32 Å². The van der Waals surface area contributed by atoms with Gasteiger partial charge in [0.1, 0.15) is 0 Å². The van der Waals surface area contributed by atoms with E-state index in [0.29, 0.717) is 18.7 Å². The van der Waals surface area contributed by atoms with E-state index in [-0.39, 0.29) is 11.4 Å². The Bertz CT molecular complexity index is 985. The zero-order valence-electron chi connectivity index (χ0n) is 13.9. The summed E-state index contributed by atoms with van der Waals surface area (Å²) in [5, 5.41) is 12.3. The number of carboxylic acids is 1. The third-order valence-corrected chi connectivity index (χ3v) is 5.48. The summed E-state index contributed by atoms with van der Waals surface area (Å²) in [6, 6.07) is 11.5. The molecule has 1 aromatic heterocycles. The fourth-order valence-electron chi connectivity index (χ4n) is 2.67. The lowest BCUT2D eigenvalue weighted by Gasteiger charge is -2.10. The molecule has 27 heavy (non-hydrogen) atoms. The molecule has 0 fully saturated rings. The number of carboxylic acid groups (broad SMARTS) is 1. The van der Waals surface area contributed by atoms with Crippen LogP contribution in [0, 0.1) is 0 Å². The first-order valence-electron chi connectivity index (χ1n) is 8.06. The first kappa shape index (κ1) is 19.7. The third-order valence-electron chi connectivity index (χ3n) is 3.98. The molecule has 0 radical (unpaired) electrons. The third kappa shape index (κ3) is 4.80. The maximum Gasteiger partial charge on any atom is 0.417 e. The Kier molecular flexibility index (Phi) is 5.74. The topological polar surface area (TPSA) is 49.3 Å². The number of aliphatic carboxylic acids is 1. The monoisotopic (exact) mass is 413 g/mol. The molecular weight excluding hydrogens is 399 g/mol. The molecule has 0 bridgehead atoms. The fraction of sp³-hybridized carbons (Fsp3) is 0.211. The molecule has 2 aromatic carbocycles. The van der Waals surface area contributed by atoms with Crippen LogP contribution in [0.15, 0.2) is 42.5 Å². The minimum absolute atomic E-state index is 0.0446. The number of carbonyl (C=O) groups is 1. The molecule has 3 aromatic rings. The number of halogens is 4. The van der Waals surface area contributed by atoms with Crippen molar-refractivity contribution in [3.63, 3.8) is 0 Å². The number of nitrogens with one attached hydrogen (secondary N) is 1. The second-order valence-electron chi connectivity index (χ2n) is 6.00. The van der Waals surface area contributed by atoms with Crippen molar-refractivity contribution in [3.8, 4) is 10.4 Å². The molecule has 1 heterocycles. The van der Waals surface area contributed by atoms with Crippen molar-refractivity contribution in [2.75, 3.05) is 6.54 Å². The van der Waals surface area contributed by atoms with E-state index in [1.54, 1.807) is 6.07 Å². The largest absolute Gasteiger partial charge is 0.481 e. The Morgan fingerprint density at radius 3 is 2.63 bits per heavy atom. The van der Waals surface area contributed by atoms with Gasteiger partial charge in [-0.25, -0.2) is 0 Å². The Morgan fingerprint density at radius 2 is 1.93 bits per heavy atom. The van der Waals surface area contributed by atoms with E-state index in [4.69, 9.17) is 16.7 Å². The molecule has 142 valence electrons. The van der Waals surface area contributed by atoms with E-state index < -0.39 is 17.7 Å². The van der Waals surface area contributed by atoms with E-state index in [0.717, 1.165) is 26.6 Å². The highest BCUT2D eigenvalue weighted by Gasteiger charge is 2.33. The second kappa shape index (κ2) is 7.88. The average molecular weight is 414 g/mol. The summed E-state index contributed by atoms with van der Waals surface area (Å²) >= 11 is 7.10. The molecule has 0 saturated heterocycles. The van der Waals surface area contributed by atoms with Gasteiger partial charge in [0.25, 0.3) is 0 Å². The molecule has 3 rings (SSSR count). The number of thiophene rings is 1. The molecule has 3 nitrogen and oxygen atoms in total. The quantitative estimate of drug-likeness (QED) is 0.502. The van der Waals surface area contributed by atoms with Crippen molar-refractivity contribution >= 4 is 39.0 Å². The molecule has 2 N–H and O–H groups in total. The van der Waals surface area contributed by atoms with E-state index in [1.807, 2.05) is 24.3 Å². The van der Waals surface area contributed by atoms with Crippen LogP contribution < -0.4 is 5.32 Å². The van der Waals surface area contributed by atoms with Crippen LogP contribution in [-0.4, -0.2) is 17.6 Å². The summed E-state index contributed by atoms with van der Waals surface area (Å²) in [7, 11) is 0. The summed E-state index contributed by atoms with van der Waals surface area (Å²) in [6.07, 6.45) is -4.46. The van der Waals surface area contributed by atoms with Gasteiger partial charge in [0.15, 0.2) is 0 Å². The number of hydrogen-bond donors (Lipinski definition) is 2. The lowest BCUT2D eigenvalue weighted by molar-refractivity contribution is -0.138. The van der Waals surface area contributed by atoms with Gasteiger partial charge >= 0.3 is 12.1 Å². The second-order valence-corrected chi connectivity index (χ2v) is 7.49. The highest BCUT2D eigenvalue weighted by molar-refractivity contribution is 7.22. The number of fused-ring (bicyclic) bond motifs is 1. The lowest BCUT2D eigenvalue weighted by Crippen LogP contribution is -2.17. The van der Waals surface area contributed by atoms with Crippen molar-refractivity contribution < 1.29 is 23.1 Å². The molecule has 0 saturated carbocycles. The smallest absolute Gasteiger partial charge is 0.417 e. The van der Waals surface area contributed by atoms with E-state index >= 15 is 0 Å². The predicted molar refractivity (Wildman–Crippen MR) is 101 cm³/mol. The highest BCUT2D eigenvalue weighted by atomic mass is 35.5. The van der Waals surface area contributed by atoms with Crippen LogP contribution in [0.4, 0.5) is 13.2 Å². The lowest BCUT2D eigenvalue weighted by atomic mass is 10.1. The molecular formula is C19H15ClF3NO2S.